The normalized spacial score (nSPS) is 27.6. The van der Waals surface area contributed by atoms with Crippen LogP contribution in [0.3, 0.4) is 0 Å². The molecule has 1 aliphatic carbocycles. The quantitative estimate of drug-likeness (QED) is 0.419. The molecule has 0 spiro atoms. The van der Waals surface area contributed by atoms with Crippen molar-refractivity contribution < 1.29 is 9.09 Å². The van der Waals surface area contributed by atoms with Crippen LogP contribution in [-0.4, -0.2) is 14.2 Å². The summed E-state index contributed by atoms with van der Waals surface area (Å²) in [6.45, 7) is 13.6. The van der Waals surface area contributed by atoms with Crippen LogP contribution in [0.15, 0.2) is 41.8 Å². The van der Waals surface area contributed by atoms with E-state index >= 15 is 0 Å². The van der Waals surface area contributed by atoms with E-state index in [-0.39, 0.29) is 6.10 Å². The minimum Gasteiger partial charge on any atom is -0.319 e. The van der Waals surface area contributed by atoms with Crippen LogP contribution in [0.25, 0.3) is 0 Å². The molecule has 0 aliphatic heterocycles. The number of hydrogen-bond acceptors (Lipinski definition) is 2. The van der Waals surface area contributed by atoms with Gasteiger partial charge in [0.1, 0.15) is 0 Å². The summed E-state index contributed by atoms with van der Waals surface area (Å²) in [5.74, 6) is 3.60. The molecule has 0 radical (unpaired) electrons. The third-order valence-electron chi connectivity index (χ3n) is 5.14. The van der Waals surface area contributed by atoms with Crippen molar-refractivity contribution in [2.75, 3.05) is 0 Å². The molecule has 4 heteroatoms. The Hall–Kier alpha value is -0.633. The van der Waals surface area contributed by atoms with Gasteiger partial charge in [-0.25, -0.2) is 0 Å². The molecule has 0 heterocycles. The summed E-state index contributed by atoms with van der Waals surface area (Å²) in [6.07, 6.45) is 3.53. The highest BCUT2D eigenvalue weighted by Crippen LogP contribution is 2.52. The SMILES string of the molecule is CC(C)[C@@H]1CC[C@@H](C)C[C@H]1O[P@](=O)(/C=C/[Si](C)(C)C)c1ccccc1. The fraction of sp³-hybridized carbons (Fsp3) is 0.619. The van der Waals surface area contributed by atoms with Crippen LogP contribution < -0.4 is 5.30 Å². The fourth-order valence-electron chi connectivity index (χ4n) is 3.58. The lowest BCUT2D eigenvalue weighted by Gasteiger charge is -2.38. The molecule has 0 saturated heterocycles. The molecule has 0 N–H and O–H groups in total. The van der Waals surface area contributed by atoms with E-state index in [1.54, 1.807) is 0 Å². The van der Waals surface area contributed by atoms with Gasteiger partial charge < -0.3 is 4.52 Å². The highest BCUT2D eigenvalue weighted by atomic mass is 31.2. The summed E-state index contributed by atoms with van der Waals surface area (Å²) in [7, 11) is -4.44. The molecule has 1 aromatic rings. The molecule has 1 saturated carbocycles. The van der Waals surface area contributed by atoms with Gasteiger partial charge >= 0.3 is 0 Å². The molecule has 2 rings (SSSR count). The van der Waals surface area contributed by atoms with Crippen LogP contribution in [0.1, 0.15) is 40.0 Å². The number of rotatable bonds is 6. The van der Waals surface area contributed by atoms with Crippen LogP contribution in [0.2, 0.25) is 19.6 Å². The molecule has 0 unspecified atom stereocenters. The Labute approximate surface area is 155 Å². The van der Waals surface area contributed by atoms with Crippen molar-refractivity contribution in [1.82, 2.24) is 0 Å². The Kier molecular flexibility index (Phi) is 6.92. The van der Waals surface area contributed by atoms with Crippen LogP contribution in [0.4, 0.5) is 0 Å². The van der Waals surface area contributed by atoms with Crippen molar-refractivity contribution >= 4 is 20.7 Å². The predicted molar refractivity (Wildman–Crippen MR) is 112 cm³/mol. The first-order valence-corrected chi connectivity index (χ1v) is 14.9. The molecule has 0 aromatic heterocycles. The lowest BCUT2D eigenvalue weighted by molar-refractivity contribution is 0.0512. The minimum absolute atomic E-state index is 0.0843. The molecular weight excluding hydrogens is 343 g/mol. The van der Waals surface area contributed by atoms with Crippen LogP contribution in [0, 0.1) is 17.8 Å². The molecule has 140 valence electrons. The standard InChI is InChI=1S/C21H35O2PSi/c1-17(2)20-13-12-18(3)16-21(20)23-24(22,14-15-25(4,5)6)19-10-8-7-9-11-19/h7-11,14-15,17-18,20-21H,12-13,16H2,1-6H3/b15-14+/t18-,20+,21-,24-/m1/s1. The summed E-state index contributed by atoms with van der Waals surface area (Å²) in [4.78, 5) is 0. The average Bonchev–Trinajstić information content (AvgIpc) is 2.53. The Balaban J connectivity index is 2.35. The second kappa shape index (κ2) is 8.37. The average molecular weight is 379 g/mol. The topological polar surface area (TPSA) is 26.3 Å². The zero-order valence-electron chi connectivity index (χ0n) is 16.7. The first-order valence-electron chi connectivity index (χ1n) is 9.65. The van der Waals surface area contributed by atoms with Gasteiger partial charge in [-0.2, -0.15) is 0 Å². The van der Waals surface area contributed by atoms with E-state index < -0.39 is 15.4 Å². The van der Waals surface area contributed by atoms with Crippen LogP contribution in [-0.2, 0) is 9.09 Å². The van der Waals surface area contributed by atoms with Crippen molar-refractivity contribution in [1.29, 1.82) is 0 Å². The third kappa shape index (κ3) is 5.94. The van der Waals surface area contributed by atoms with E-state index in [0.29, 0.717) is 17.8 Å². The highest BCUT2D eigenvalue weighted by molar-refractivity contribution is 7.70. The molecule has 4 atom stereocenters. The zero-order valence-corrected chi connectivity index (χ0v) is 18.6. The summed E-state index contributed by atoms with van der Waals surface area (Å²) in [5.41, 5.74) is 2.18. The second-order valence-corrected chi connectivity index (χ2v) is 16.4. The van der Waals surface area contributed by atoms with Crippen molar-refractivity contribution in [3.63, 3.8) is 0 Å². The Morgan fingerprint density at radius 2 is 1.80 bits per heavy atom. The van der Waals surface area contributed by atoms with E-state index in [1.807, 2.05) is 36.1 Å². The number of hydrogen-bond donors (Lipinski definition) is 0. The first-order chi connectivity index (χ1) is 11.6. The third-order valence-corrected chi connectivity index (χ3v) is 8.73. The maximum absolute atomic E-state index is 13.9. The molecule has 25 heavy (non-hydrogen) atoms. The van der Waals surface area contributed by atoms with E-state index in [2.05, 4.69) is 46.1 Å². The Morgan fingerprint density at radius 3 is 2.36 bits per heavy atom. The summed E-state index contributed by atoms with van der Waals surface area (Å²) < 4.78 is 20.4. The molecule has 1 fully saturated rings. The summed E-state index contributed by atoms with van der Waals surface area (Å²) >= 11 is 0. The van der Waals surface area contributed by atoms with Crippen LogP contribution >= 0.6 is 7.37 Å². The molecule has 2 nitrogen and oxygen atoms in total. The van der Waals surface area contributed by atoms with E-state index in [9.17, 15) is 4.57 Å². The molecular formula is C21H35O2PSi. The fourth-order valence-corrected chi connectivity index (χ4v) is 7.75. The second-order valence-electron chi connectivity index (χ2n) is 9.08. The van der Waals surface area contributed by atoms with Gasteiger partial charge in [0, 0.05) is 5.30 Å². The molecule has 0 bridgehead atoms. The minimum atomic E-state index is -2.99. The van der Waals surface area contributed by atoms with Crippen molar-refractivity contribution in [2.24, 2.45) is 17.8 Å². The van der Waals surface area contributed by atoms with E-state index in [1.165, 1.54) is 12.8 Å². The van der Waals surface area contributed by atoms with Gasteiger partial charge in [-0.1, -0.05) is 70.7 Å². The van der Waals surface area contributed by atoms with Crippen molar-refractivity contribution in [3.8, 4) is 0 Å². The van der Waals surface area contributed by atoms with E-state index in [4.69, 9.17) is 4.52 Å². The maximum Gasteiger partial charge on any atom is 0.253 e. The monoisotopic (exact) mass is 378 g/mol. The largest absolute Gasteiger partial charge is 0.319 e. The van der Waals surface area contributed by atoms with Gasteiger partial charge in [0.25, 0.3) is 7.37 Å². The molecule has 1 aliphatic rings. The Morgan fingerprint density at radius 1 is 1.16 bits per heavy atom. The van der Waals surface area contributed by atoms with Crippen molar-refractivity contribution in [3.05, 3.63) is 41.8 Å². The maximum atomic E-state index is 13.9. The molecule has 1 aromatic carbocycles. The summed E-state index contributed by atoms with van der Waals surface area (Å²) in [6, 6.07) is 9.78. The lowest BCUT2D eigenvalue weighted by Crippen LogP contribution is -2.34. The Bertz CT molecular complexity index is 619. The van der Waals surface area contributed by atoms with Gasteiger partial charge in [-0.15, -0.1) is 0 Å². The smallest absolute Gasteiger partial charge is 0.253 e. The summed E-state index contributed by atoms with van der Waals surface area (Å²) in [5, 5.41) is 0.824. The van der Waals surface area contributed by atoms with Gasteiger partial charge in [-0.3, -0.25) is 4.57 Å². The lowest BCUT2D eigenvalue weighted by atomic mass is 9.75. The molecule has 0 amide bonds. The van der Waals surface area contributed by atoms with Crippen molar-refractivity contribution in [2.45, 2.75) is 65.8 Å². The van der Waals surface area contributed by atoms with Crippen LogP contribution in [0.5, 0.6) is 0 Å². The highest BCUT2D eigenvalue weighted by Gasteiger charge is 2.36. The van der Waals surface area contributed by atoms with E-state index in [0.717, 1.165) is 11.7 Å². The van der Waals surface area contributed by atoms with Gasteiger partial charge in [0.2, 0.25) is 0 Å². The van der Waals surface area contributed by atoms with Gasteiger partial charge in [0.15, 0.2) is 0 Å². The van der Waals surface area contributed by atoms with Gasteiger partial charge in [-0.05, 0) is 48.5 Å². The van der Waals surface area contributed by atoms with Gasteiger partial charge in [0.05, 0.1) is 14.2 Å². The first kappa shape index (κ1) is 20.7. The zero-order chi connectivity index (χ0) is 18.7. The predicted octanol–water partition coefficient (Wildman–Crippen LogP) is 6.46. The number of benzene rings is 1.